The van der Waals surface area contributed by atoms with Crippen LogP contribution in [0.3, 0.4) is 0 Å². The molecule has 0 N–H and O–H groups in total. The molecule has 6 heteroatoms. The van der Waals surface area contributed by atoms with Gasteiger partial charge in [-0.25, -0.2) is 18.3 Å². The summed E-state index contributed by atoms with van der Waals surface area (Å²) >= 11 is 12.2. The molecular formula is C34H34Cl2N4+2. The number of fused-ring (bicyclic) bond motifs is 2. The van der Waals surface area contributed by atoms with Gasteiger partial charge in [-0.15, -0.1) is 0 Å². The molecule has 6 aromatic rings. The topological polar surface area (TPSA) is 17.6 Å². The minimum absolute atomic E-state index is 0.771. The minimum atomic E-state index is 0.771. The minimum Gasteiger partial charge on any atom is -0.230 e. The summed E-state index contributed by atoms with van der Waals surface area (Å²) in [5, 5.41) is 1.54. The monoisotopic (exact) mass is 568 g/mol. The summed E-state index contributed by atoms with van der Waals surface area (Å²) in [7, 11) is 0. The number of aryl methyl sites for hydroxylation is 4. The molecule has 2 heterocycles. The molecule has 4 nitrogen and oxygen atoms in total. The van der Waals surface area contributed by atoms with Crippen molar-refractivity contribution in [1.29, 1.82) is 0 Å². The first-order valence-corrected chi connectivity index (χ1v) is 14.7. The van der Waals surface area contributed by atoms with Crippen LogP contribution in [0, 0.1) is 13.8 Å². The zero-order valence-electron chi connectivity index (χ0n) is 23.0. The summed E-state index contributed by atoms with van der Waals surface area (Å²) in [6, 6.07) is 29.8. The van der Waals surface area contributed by atoms with Gasteiger partial charge in [-0.1, -0.05) is 59.6 Å². The van der Waals surface area contributed by atoms with E-state index in [1.807, 2.05) is 24.3 Å². The lowest BCUT2D eigenvalue weighted by atomic mass is 10.2. The highest BCUT2D eigenvalue weighted by atomic mass is 35.5. The number of benzene rings is 4. The highest BCUT2D eigenvalue weighted by Crippen LogP contribution is 2.19. The van der Waals surface area contributed by atoms with Crippen LogP contribution in [0.4, 0.5) is 0 Å². The third kappa shape index (κ3) is 5.79. The number of unbranched alkanes of at least 4 members (excludes halogenated alkanes) is 1. The van der Waals surface area contributed by atoms with Crippen molar-refractivity contribution in [1.82, 2.24) is 9.13 Å². The van der Waals surface area contributed by atoms with Gasteiger partial charge in [0.05, 0.1) is 13.1 Å². The van der Waals surface area contributed by atoms with Gasteiger partial charge in [0.1, 0.15) is 13.1 Å². The number of aromatic nitrogens is 4. The summed E-state index contributed by atoms with van der Waals surface area (Å²) in [4.78, 5) is 0. The van der Waals surface area contributed by atoms with E-state index in [4.69, 9.17) is 23.2 Å². The van der Waals surface area contributed by atoms with Crippen LogP contribution in [0.2, 0.25) is 10.0 Å². The Balaban J connectivity index is 1.18. The zero-order chi connectivity index (χ0) is 27.6. The first-order chi connectivity index (χ1) is 19.4. The molecule has 0 aliphatic carbocycles. The molecule has 0 radical (unpaired) electrons. The molecule has 0 unspecified atom stereocenters. The molecule has 0 fully saturated rings. The Morgan fingerprint density at radius 3 is 1.35 bits per heavy atom. The highest BCUT2D eigenvalue weighted by Gasteiger charge is 2.18. The number of rotatable bonds is 9. The summed E-state index contributed by atoms with van der Waals surface area (Å²) in [6.45, 7) is 7.93. The van der Waals surface area contributed by atoms with Crippen LogP contribution in [-0.4, -0.2) is 9.13 Å². The molecule has 40 heavy (non-hydrogen) atoms. The number of nitrogens with zero attached hydrogens (tertiary/aromatic N) is 4. The Bertz CT molecular complexity index is 1650. The lowest BCUT2D eigenvalue weighted by molar-refractivity contribution is -0.683. The van der Waals surface area contributed by atoms with Crippen molar-refractivity contribution in [3.63, 3.8) is 0 Å². The van der Waals surface area contributed by atoms with E-state index >= 15 is 0 Å². The van der Waals surface area contributed by atoms with Crippen LogP contribution in [0.5, 0.6) is 0 Å². The maximum absolute atomic E-state index is 6.11. The first-order valence-electron chi connectivity index (χ1n) is 13.9. The Morgan fingerprint density at radius 2 is 0.950 bits per heavy atom. The second-order valence-corrected chi connectivity index (χ2v) is 11.7. The first kappa shape index (κ1) is 26.6. The molecule has 2 aromatic heterocycles. The molecule has 0 saturated carbocycles. The van der Waals surface area contributed by atoms with Crippen molar-refractivity contribution in [3.05, 3.63) is 130 Å². The largest absolute Gasteiger partial charge is 0.245 e. The standard InChI is InChI=1S/C34H34Cl2N4/c1-25-5-15-31-33(19-25)39(21-27-7-11-29(35)12-8-27)23-37(31)17-3-4-18-38-24-40(22-28-9-13-30(36)14-10-28)34-20-26(2)6-16-32(34)38/h5-16,19-20,23-24H,3-4,17-18,21-22H2,1-2H3/q+2. The van der Waals surface area contributed by atoms with Gasteiger partial charge in [-0.05, 0) is 97.5 Å². The quantitative estimate of drug-likeness (QED) is 0.126. The van der Waals surface area contributed by atoms with Crippen molar-refractivity contribution in [3.8, 4) is 0 Å². The van der Waals surface area contributed by atoms with E-state index in [-0.39, 0.29) is 0 Å². The Labute approximate surface area is 245 Å². The van der Waals surface area contributed by atoms with Gasteiger partial charge in [0.2, 0.25) is 12.7 Å². The van der Waals surface area contributed by atoms with Crippen LogP contribution < -0.4 is 9.13 Å². The van der Waals surface area contributed by atoms with Gasteiger partial charge in [0.25, 0.3) is 0 Å². The molecule has 0 saturated heterocycles. The van der Waals surface area contributed by atoms with Gasteiger partial charge in [0.15, 0.2) is 22.1 Å². The third-order valence-corrected chi connectivity index (χ3v) is 8.14. The van der Waals surface area contributed by atoms with Crippen LogP contribution >= 0.6 is 23.2 Å². The lowest BCUT2D eigenvalue weighted by Crippen LogP contribution is -2.35. The third-order valence-electron chi connectivity index (χ3n) is 7.64. The Hall–Kier alpha value is -3.60. The molecule has 0 spiro atoms. The molecule has 4 aromatic carbocycles. The Kier molecular flexibility index (Phi) is 7.64. The molecule has 0 bridgehead atoms. The summed E-state index contributed by atoms with van der Waals surface area (Å²) in [5.74, 6) is 0. The smallest absolute Gasteiger partial charge is 0.230 e. The predicted octanol–water partition coefficient (Wildman–Crippen LogP) is 7.67. The summed E-state index contributed by atoms with van der Waals surface area (Å²) in [6.07, 6.45) is 6.74. The van der Waals surface area contributed by atoms with E-state index in [1.165, 1.54) is 44.3 Å². The van der Waals surface area contributed by atoms with Gasteiger partial charge in [-0.3, -0.25) is 0 Å². The van der Waals surface area contributed by atoms with Crippen LogP contribution in [0.15, 0.2) is 97.6 Å². The van der Waals surface area contributed by atoms with E-state index in [1.54, 1.807) is 0 Å². The zero-order valence-corrected chi connectivity index (χ0v) is 24.5. The molecule has 0 aliphatic rings. The van der Waals surface area contributed by atoms with Gasteiger partial charge in [0, 0.05) is 10.0 Å². The SMILES string of the molecule is Cc1ccc2c(c1)n(Cc1ccc(Cl)cc1)c[n+]2CCCC[n+]1cn(Cc2ccc(Cl)cc2)c2cc(C)ccc21. The van der Waals surface area contributed by atoms with Crippen LogP contribution in [-0.2, 0) is 26.2 Å². The lowest BCUT2D eigenvalue weighted by Gasteiger charge is -2.00. The summed E-state index contributed by atoms with van der Waals surface area (Å²) < 4.78 is 9.52. The van der Waals surface area contributed by atoms with Gasteiger partial charge < -0.3 is 0 Å². The van der Waals surface area contributed by atoms with Crippen molar-refractivity contribution in [2.24, 2.45) is 0 Å². The van der Waals surface area contributed by atoms with E-state index < -0.39 is 0 Å². The molecule has 0 amide bonds. The van der Waals surface area contributed by atoms with E-state index in [2.05, 4.69) is 105 Å². The maximum atomic E-state index is 6.11. The number of imidazole rings is 2. The molecule has 202 valence electrons. The fraction of sp³-hybridized carbons (Fsp3) is 0.235. The maximum Gasteiger partial charge on any atom is 0.245 e. The van der Waals surface area contributed by atoms with E-state index in [0.717, 1.165) is 49.1 Å². The van der Waals surface area contributed by atoms with Gasteiger partial charge in [-0.2, -0.15) is 0 Å². The van der Waals surface area contributed by atoms with Crippen molar-refractivity contribution in [2.75, 3.05) is 0 Å². The normalized spacial score (nSPS) is 11.6. The number of hydrogen-bond acceptors (Lipinski definition) is 0. The second kappa shape index (κ2) is 11.5. The van der Waals surface area contributed by atoms with Crippen molar-refractivity contribution in [2.45, 2.75) is 52.9 Å². The number of hydrogen-bond donors (Lipinski definition) is 0. The van der Waals surface area contributed by atoms with Crippen molar-refractivity contribution >= 4 is 45.3 Å². The molecule has 6 rings (SSSR count). The predicted molar refractivity (Wildman–Crippen MR) is 164 cm³/mol. The molecule has 0 aliphatic heterocycles. The van der Waals surface area contributed by atoms with Crippen LogP contribution in [0.1, 0.15) is 35.1 Å². The Morgan fingerprint density at radius 1 is 0.550 bits per heavy atom. The van der Waals surface area contributed by atoms with Gasteiger partial charge >= 0.3 is 0 Å². The molecular weight excluding hydrogens is 535 g/mol. The van der Waals surface area contributed by atoms with Crippen LogP contribution in [0.25, 0.3) is 22.1 Å². The summed E-state index contributed by atoms with van der Waals surface area (Å²) in [5.41, 5.74) is 10.1. The number of halogens is 2. The average Bonchev–Trinajstić information content (AvgIpc) is 3.45. The van der Waals surface area contributed by atoms with Crippen molar-refractivity contribution < 1.29 is 9.13 Å². The average molecular weight is 570 g/mol. The van der Waals surface area contributed by atoms with E-state index in [9.17, 15) is 0 Å². The fourth-order valence-corrected chi connectivity index (χ4v) is 5.80. The molecule has 0 atom stereocenters. The highest BCUT2D eigenvalue weighted by molar-refractivity contribution is 6.30. The second-order valence-electron chi connectivity index (χ2n) is 10.8. The fourth-order valence-electron chi connectivity index (χ4n) is 5.54. The van der Waals surface area contributed by atoms with E-state index in [0.29, 0.717) is 0 Å².